The first-order chi connectivity index (χ1) is 10.9. The van der Waals surface area contributed by atoms with Crippen molar-refractivity contribution in [2.45, 2.75) is 31.8 Å². The fraction of sp³-hybridized carbons (Fsp3) is 0.412. The van der Waals surface area contributed by atoms with Crippen LogP contribution in [0.15, 0.2) is 30.6 Å². The Morgan fingerprint density at radius 3 is 2.96 bits per heavy atom. The van der Waals surface area contributed by atoms with Crippen molar-refractivity contribution in [1.29, 1.82) is 0 Å². The van der Waals surface area contributed by atoms with Gasteiger partial charge in [0.15, 0.2) is 0 Å². The first-order valence-corrected chi connectivity index (χ1v) is 7.64. The summed E-state index contributed by atoms with van der Waals surface area (Å²) in [6, 6.07) is 7.88. The van der Waals surface area contributed by atoms with E-state index in [2.05, 4.69) is 9.97 Å². The second-order valence-electron chi connectivity index (χ2n) is 6.50. The second kappa shape index (κ2) is 5.70. The fourth-order valence-corrected chi connectivity index (χ4v) is 3.00. The van der Waals surface area contributed by atoms with E-state index < -0.39 is 5.54 Å². The van der Waals surface area contributed by atoms with Gasteiger partial charge in [-0.1, -0.05) is 12.1 Å². The number of imidazole rings is 1. The Hall–Kier alpha value is -2.34. The highest BCUT2D eigenvalue weighted by Crippen LogP contribution is 2.33. The number of aromatic amines is 1. The number of nitrogens with one attached hydrogen (secondary N) is 1. The number of nitrogens with zero attached hydrogens (tertiary/aromatic N) is 2. The summed E-state index contributed by atoms with van der Waals surface area (Å²) in [5.74, 6) is 0.735. The van der Waals surface area contributed by atoms with E-state index in [1.165, 1.54) is 0 Å². The standard InChI is InChI=1S/C17H22N4O2/c1-17(2,18)16(22)21-8-13(15-14(9-21)19-10-20-15)11-5-4-6-12(7-11)23-3/h4-7,10,13H,8-9,18H2,1-3H3,(H,19,20). The fourth-order valence-electron chi connectivity index (χ4n) is 3.00. The van der Waals surface area contributed by atoms with E-state index in [1.807, 2.05) is 24.3 Å². The first-order valence-electron chi connectivity index (χ1n) is 7.64. The Balaban J connectivity index is 1.98. The molecule has 1 aromatic heterocycles. The number of methoxy groups -OCH3 is 1. The van der Waals surface area contributed by atoms with Gasteiger partial charge in [-0.2, -0.15) is 0 Å². The number of carbonyl (C=O) groups excluding carboxylic acids is 1. The van der Waals surface area contributed by atoms with Crippen LogP contribution in [0.25, 0.3) is 0 Å². The summed E-state index contributed by atoms with van der Waals surface area (Å²) in [6.45, 7) is 4.54. The molecule has 0 radical (unpaired) electrons. The molecular weight excluding hydrogens is 292 g/mol. The van der Waals surface area contributed by atoms with E-state index >= 15 is 0 Å². The van der Waals surface area contributed by atoms with Crippen LogP contribution in [-0.4, -0.2) is 40.0 Å². The Labute approximate surface area is 135 Å². The van der Waals surface area contributed by atoms with Crippen molar-refractivity contribution in [2.24, 2.45) is 5.73 Å². The quantitative estimate of drug-likeness (QED) is 0.902. The molecule has 122 valence electrons. The molecule has 0 fully saturated rings. The predicted molar refractivity (Wildman–Crippen MR) is 87.1 cm³/mol. The molecule has 3 rings (SSSR count). The Morgan fingerprint density at radius 2 is 2.26 bits per heavy atom. The Kier molecular flexibility index (Phi) is 3.85. The van der Waals surface area contributed by atoms with Crippen LogP contribution in [0.3, 0.4) is 0 Å². The van der Waals surface area contributed by atoms with Gasteiger partial charge in [-0.05, 0) is 31.5 Å². The lowest BCUT2D eigenvalue weighted by Gasteiger charge is -2.35. The number of hydrogen-bond acceptors (Lipinski definition) is 4. The molecule has 0 aliphatic carbocycles. The van der Waals surface area contributed by atoms with E-state index in [0.717, 1.165) is 22.7 Å². The van der Waals surface area contributed by atoms with Crippen LogP contribution in [0.2, 0.25) is 0 Å². The number of carbonyl (C=O) groups is 1. The minimum absolute atomic E-state index is 0.00593. The maximum Gasteiger partial charge on any atom is 0.242 e. The number of nitrogens with two attached hydrogens (primary N) is 1. The highest BCUT2D eigenvalue weighted by Gasteiger charge is 2.35. The average Bonchev–Trinajstić information content (AvgIpc) is 3.00. The van der Waals surface area contributed by atoms with Crippen LogP contribution in [0.5, 0.6) is 5.75 Å². The van der Waals surface area contributed by atoms with Crippen LogP contribution >= 0.6 is 0 Å². The molecule has 1 amide bonds. The minimum Gasteiger partial charge on any atom is -0.497 e. The largest absolute Gasteiger partial charge is 0.497 e. The van der Waals surface area contributed by atoms with Gasteiger partial charge in [0.25, 0.3) is 0 Å². The number of aromatic nitrogens is 2. The zero-order valence-corrected chi connectivity index (χ0v) is 13.7. The molecule has 2 heterocycles. The van der Waals surface area contributed by atoms with Gasteiger partial charge in [0, 0.05) is 12.5 Å². The smallest absolute Gasteiger partial charge is 0.242 e. The topological polar surface area (TPSA) is 84.2 Å². The number of fused-ring (bicyclic) bond motifs is 1. The van der Waals surface area contributed by atoms with Crippen molar-refractivity contribution < 1.29 is 9.53 Å². The summed E-state index contributed by atoms with van der Waals surface area (Å²) in [6.07, 6.45) is 1.68. The average molecular weight is 314 g/mol. The van der Waals surface area contributed by atoms with E-state index in [1.54, 1.807) is 32.2 Å². The van der Waals surface area contributed by atoms with Crippen molar-refractivity contribution in [3.63, 3.8) is 0 Å². The van der Waals surface area contributed by atoms with Crippen molar-refractivity contribution in [3.05, 3.63) is 47.5 Å². The SMILES string of the molecule is COc1cccc(C2CN(C(=O)C(C)(C)N)Cc3[nH]cnc32)c1. The van der Waals surface area contributed by atoms with Crippen LogP contribution < -0.4 is 10.5 Å². The van der Waals surface area contributed by atoms with Crippen molar-refractivity contribution in [3.8, 4) is 5.75 Å². The van der Waals surface area contributed by atoms with Gasteiger partial charge in [-0.25, -0.2) is 4.98 Å². The number of ether oxygens (including phenoxy) is 1. The highest BCUT2D eigenvalue weighted by atomic mass is 16.5. The normalized spacial score (nSPS) is 17.7. The summed E-state index contributed by atoms with van der Waals surface area (Å²) in [5.41, 5.74) is 8.12. The molecule has 6 nitrogen and oxygen atoms in total. The van der Waals surface area contributed by atoms with Gasteiger partial charge in [0.1, 0.15) is 5.75 Å². The molecule has 0 saturated carbocycles. The third-order valence-electron chi connectivity index (χ3n) is 4.17. The van der Waals surface area contributed by atoms with Crippen molar-refractivity contribution in [1.82, 2.24) is 14.9 Å². The summed E-state index contributed by atoms with van der Waals surface area (Å²) in [4.78, 5) is 22.0. The molecule has 1 aromatic carbocycles. The Bertz CT molecular complexity index is 717. The third kappa shape index (κ3) is 2.94. The lowest BCUT2D eigenvalue weighted by atomic mass is 9.89. The van der Waals surface area contributed by atoms with Crippen molar-refractivity contribution in [2.75, 3.05) is 13.7 Å². The van der Waals surface area contributed by atoms with Crippen LogP contribution in [0.4, 0.5) is 0 Å². The zero-order chi connectivity index (χ0) is 16.6. The van der Waals surface area contributed by atoms with E-state index in [4.69, 9.17) is 10.5 Å². The molecule has 0 spiro atoms. The maximum absolute atomic E-state index is 12.6. The highest BCUT2D eigenvalue weighted by molar-refractivity contribution is 5.85. The second-order valence-corrected chi connectivity index (χ2v) is 6.50. The molecule has 0 bridgehead atoms. The van der Waals surface area contributed by atoms with Crippen LogP contribution in [0, 0.1) is 0 Å². The summed E-state index contributed by atoms with van der Waals surface area (Å²) >= 11 is 0. The zero-order valence-electron chi connectivity index (χ0n) is 13.7. The number of benzene rings is 1. The molecule has 1 aliphatic rings. The van der Waals surface area contributed by atoms with Crippen molar-refractivity contribution >= 4 is 5.91 Å². The van der Waals surface area contributed by atoms with E-state index in [0.29, 0.717) is 13.1 Å². The third-order valence-corrected chi connectivity index (χ3v) is 4.17. The van der Waals surface area contributed by atoms with E-state index in [9.17, 15) is 4.79 Å². The molecule has 3 N–H and O–H groups in total. The molecule has 0 saturated heterocycles. The first kappa shape index (κ1) is 15.6. The van der Waals surface area contributed by atoms with Crippen LogP contribution in [-0.2, 0) is 11.3 Å². The summed E-state index contributed by atoms with van der Waals surface area (Å²) in [7, 11) is 1.65. The monoisotopic (exact) mass is 314 g/mol. The van der Waals surface area contributed by atoms with Gasteiger partial charge in [-0.3, -0.25) is 4.79 Å². The molecule has 1 atom stereocenters. The molecule has 23 heavy (non-hydrogen) atoms. The molecule has 6 heteroatoms. The minimum atomic E-state index is -0.892. The number of hydrogen-bond donors (Lipinski definition) is 2. The number of H-pyrrole nitrogens is 1. The van der Waals surface area contributed by atoms with E-state index in [-0.39, 0.29) is 11.8 Å². The summed E-state index contributed by atoms with van der Waals surface area (Å²) < 4.78 is 5.31. The predicted octanol–water partition coefficient (Wildman–Crippen LogP) is 1.63. The van der Waals surface area contributed by atoms with Crippen LogP contribution in [0.1, 0.15) is 36.7 Å². The van der Waals surface area contributed by atoms with Gasteiger partial charge in [0.05, 0.1) is 36.9 Å². The molecular formula is C17H22N4O2. The van der Waals surface area contributed by atoms with Gasteiger partial charge < -0.3 is 20.4 Å². The molecule has 2 aromatic rings. The number of amides is 1. The number of rotatable bonds is 3. The van der Waals surface area contributed by atoms with Gasteiger partial charge in [0.2, 0.25) is 5.91 Å². The maximum atomic E-state index is 12.6. The lowest BCUT2D eigenvalue weighted by molar-refractivity contribution is -0.137. The Morgan fingerprint density at radius 1 is 1.48 bits per heavy atom. The molecule has 1 unspecified atom stereocenters. The van der Waals surface area contributed by atoms with Gasteiger partial charge >= 0.3 is 0 Å². The van der Waals surface area contributed by atoms with Gasteiger partial charge in [-0.15, -0.1) is 0 Å². The summed E-state index contributed by atoms with van der Waals surface area (Å²) in [5, 5.41) is 0. The lowest BCUT2D eigenvalue weighted by Crippen LogP contribution is -2.53. The molecule has 1 aliphatic heterocycles.